The van der Waals surface area contributed by atoms with Crippen LogP contribution in [-0.2, 0) is 6.42 Å². The average molecular weight is 362 g/mol. The Morgan fingerprint density at radius 3 is 2.74 bits per heavy atom. The predicted molar refractivity (Wildman–Crippen MR) is 102 cm³/mol. The summed E-state index contributed by atoms with van der Waals surface area (Å²) in [5.74, 6) is -0.350. The van der Waals surface area contributed by atoms with Crippen LogP contribution in [0.2, 0.25) is 0 Å². The lowest BCUT2D eigenvalue weighted by Gasteiger charge is -2.04. The number of rotatable bonds is 4. The predicted octanol–water partition coefficient (Wildman–Crippen LogP) is 2.54. The van der Waals surface area contributed by atoms with Gasteiger partial charge in [-0.15, -0.1) is 0 Å². The number of aryl methyl sites for hydroxylation is 1. The molecule has 0 aliphatic heterocycles. The number of para-hydroxylation sites is 1. The van der Waals surface area contributed by atoms with Crippen LogP contribution in [0.5, 0.6) is 0 Å². The summed E-state index contributed by atoms with van der Waals surface area (Å²) in [6.45, 7) is 3.95. The van der Waals surface area contributed by atoms with Gasteiger partial charge in [-0.3, -0.25) is 19.8 Å². The smallest absolute Gasteiger partial charge is 0.273 e. The Balaban J connectivity index is 1.79. The fourth-order valence-electron chi connectivity index (χ4n) is 3.02. The van der Waals surface area contributed by atoms with Crippen LogP contribution in [0.3, 0.4) is 0 Å². The molecule has 0 unspecified atom stereocenters. The van der Waals surface area contributed by atoms with Gasteiger partial charge in [-0.2, -0.15) is 5.10 Å². The maximum absolute atomic E-state index is 12.7. The number of fused-ring (bicyclic) bond motifs is 1. The zero-order valence-electron chi connectivity index (χ0n) is 14.9. The Kier molecular flexibility index (Phi) is 4.08. The van der Waals surface area contributed by atoms with Crippen molar-refractivity contribution < 1.29 is 4.79 Å². The van der Waals surface area contributed by atoms with Gasteiger partial charge in [-0.05, 0) is 31.0 Å². The van der Waals surface area contributed by atoms with E-state index in [9.17, 15) is 9.59 Å². The van der Waals surface area contributed by atoms with E-state index in [0.29, 0.717) is 17.1 Å². The molecule has 27 heavy (non-hydrogen) atoms. The number of hydrogen-bond acceptors (Lipinski definition) is 4. The number of anilines is 1. The summed E-state index contributed by atoms with van der Waals surface area (Å²) in [5.41, 5.74) is 3.87. The van der Waals surface area contributed by atoms with Gasteiger partial charge in [0.05, 0.1) is 5.69 Å². The van der Waals surface area contributed by atoms with Gasteiger partial charge < -0.3 is 5.32 Å². The molecule has 8 nitrogen and oxygen atoms in total. The Morgan fingerprint density at radius 2 is 2.04 bits per heavy atom. The monoisotopic (exact) mass is 362 g/mol. The van der Waals surface area contributed by atoms with Crippen molar-refractivity contribution in [2.75, 3.05) is 5.32 Å². The maximum Gasteiger partial charge on any atom is 0.273 e. The molecule has 1 amide bonds. The zero-order chi connectivity index (χ0) is 19.0. The molecular weight excluding hydrogens is 344 g/mol. The molecule has 1 aromatic carbocycles. The highest BCUT2D eigenvalue weighted by Crippen LogP contribution is 2.22. The molecule has 0 aliphatic carbocycles. The van der Waals surface area contributed by atoms with Crippen molar-refractivity contribution in [1.82, 2.24) is 24.8 Å². The number of benzene rings is 1. The number of aromatic nitrogens is 5. The number of nitrogens with one attached hydrogen (secondary N) is 3. The van der Waals surface area contributed by atoms with Crippen LogP contribution < -0.4 is 10.9 Å². The van der Waals surface area contributed by atoms with Gasteiger partial charge in [0.1, 0.15) is 11.3 Å². The van der Waals surface area contributed by atoms with Gasteiger partial charge in [0.2, 0.25) is 0 Å². The molecule has 0 saturated carbocycles. The van der Waals surface area contributed by atoms with E-state index in [-0.39, 0.29) is 22.7 Å². The minimum Gasteiger partial charge on any atom is -0.322 e. The number of amides is 1. The highest BCUT2D eigenvalue weighted by Gasteiger charge is 2.18. The van der Waals surface area contributed by atoms with Gasteiger partial charge in [0, 0.05) is 23.6 Å². The Hall–Kier alpha value is -3.68. The number of aromatic amines is 2. The van der Waals surface area contributed by atoms with Crippen molar-refractivity contribution in [1.29, 1.82) is 0 Å². The Labute approximate surface area is 154 Å². The molecule has 4 aromatic rings. The molecule has 0 saturated heterocycles. The molecule has 3 heterocycles. The minimum absolute atomic E-state index is 0.256. The third-order valence-corrected chi connectivity index (χ3v) is 4.48. The lowest BCUT2D eigenvalue weighted by molar-refractivity contribution is 0.102. The number of nitrogens with zero attached hydrogens (tertiary/aromatic N) is 3. The lowest BCUT2D eigenvalue weighted by atomic mass is 10.1. The summed E-state index contributed by atoms with van der Waals surface area (Å²) in [6, 6.07) is 10.5. The molecule has 0 spiro atoms. The second-order valence-electron chi connectivity index (χ2n) is 6.18. The second kappa shape index (κ2) is 6.56. The number of hydrogen-bond donors (Lipinski definition) is 3. The molecule has 0 bridgehead atoms. The van der Waals surface area contributed by atoms with Crippen molar-refractivity contribution in [2.24, 2.45) is 0 Å². The van der Waals surface area contributed by atoms with E-state index >= 15 is 0 Å². The van der Waals surface area contributed by atoms with Gasteiger partial charge in [-0.25, -0.2) is 9.50 Å². The Morgan fingerprint density at radius 1 is 1.26 bits per heavy atom. The van der Waals surface area contributed by atoms with Crippen LogP contribution in [0, 0.1) is 6.92 Å². The van der Waals surface area contributed by atoms with Gasteiger partial charge in [0.15, 0.2) is 5.65 Å². The second-order valence-corrected chi connectivity index (χ2v) is 6.18. The number of carbonyl (C=O) groups excluding carboxylic acids is 1. The first kappa shape index (κ1) is 16.8. The number of H-pyrrole nitrogens is 2. The zero-order valence-corrected chi connectivity index (χ0v) is 14.9. The highest BCUT2D eigenvalue weighted by molar-refractivity contribution is 6.08. The summed E-state index contributed by atoms with van der Waals surface area (Å²) in [6.07, 6.45) is 2.27. The van der Waals surface area contributed by atoms with Crippen molar-refractivity contribution in [3.63, 3.8) is 0 Å². The fraction of sp³-hybridized carbons (Fsp3) is 0.158. The number of carbonyl (C=O) groups is 1. The normalized spacial score (nSPS) is 11.0. The first-order valence-electron chi connectivity index (χ1n) is 8.60. The van der Waals surface area contributed by atoms with Crippen molar-refractivity contribution in [2.45, 2.75) is 20.3 Å². The third kappa shape index (κ3) is 2.91. The van der Waals surface area contributed by atoms with Crippen LogP contribution >= 0.6 is 0 Å². The molecule has 136 valence electrons. The van der Waals surface area contributed by atoms with Gasteiger partial charge in [0.25, 0.3) is 11.5 Å². The SMILES string of the molecule is CCc1[nH]nc(-c2cc(=O)n3[nH]cc(C(=O)Nc4ccccc4)c3n2)c1C. The van der Waals surface area contributed by atoms with Crippen molar-refractivity contribution in [3.05, 3.63) is 69.8 Å². The minimum atomic E-state index is -0.350. The van der Waals surface area contributed by atoms with E-state index in [1.54, 1.807) is 12.1 Å². The molecule has 0 atom stereocenters. The van der Waals surface area contributed by atoms with Gasteiger partial charge >= 0.3 is 0 Å². The van der Waals surface area contributed by atoms with Crippen LogP contribution in [0.15, 0.2) is 47.4 Å². The lowest BCUT2D eigenvalue weighted by Crippen LogP contribution is -2.17. The summed E-state index contributed by atoms with van der Waals surface area (Å²) >= 11 is 0. The standard InChI is InChI=1S/C19H18N6O2/c1-3-14-11(2)17(24-23-14)15-9-16(26)25-18(22-15)13(10-20-25)19(27)21-12-7-5-4-6-8-12/h4-10,20H,3H2,1-2H3,(H,21,27)(H,23,24). The van der Waals surface area contributed by atoms with E-state index in [1.165, 1.54) is 16.8 Å². The summed E-state index contributed by atoms with van der Waals surface area (Å²) in [5, 5.41) is 12.8. The van der Waals surface area contributed by atoms with E-state index in [4.69, 9.17) is 0 Å². The summed E-state index contributed by atoms with van der Waals surface area (Å²) in [4.78, 5) is 29.7. The summed E-state index contributed by atoms with van der Waals surface area (Å²) < 4.78 is 1.24. The van der Waals surface area contributed by atoms with E-state index < -0.39 is 0 Å². The van der Waals surface area contributed by atoms with E-state index in [0.717, 1.165) is 17.7 Å². The van der Waals surface area contributed by atoms with Crippen LogP contribution in [-0.4, -0.2) is 30.7 Å². The van der Waals surface area contributed by atoms with Crippen LogP contribution in [0.25, 0.3) is 17.0 Å². The third-order valence-electron chi connectivity index (χ3n) is 4.48. The fourth-order valence-corrected chi connectivity index (χ4v) is 3.02. The Bertz CT molecular complexity index is 1190. The summed E-state index contributed by atoms with van der Waals surface area (Å²) in [7, 11) is 0. The average Bonchev–Trinajstić information content (AvgIpc) is 3.26. The molecule has 3 aromatic heterocycles. The van der Waals surface area contributed by atoms with Crippen LogP contribution in [0.4, 0.5) is 5.69 Å². The first-order chi connectivity index (χ1) is 13.1. The van der Waals surface area contributed by atoms with Crippen molar-refractivity contribution in [3.8, 4) is 11.4 Å². The highest BCUT2D eigenvalue weighted by atomic mass is 16.2. The van der Waals surface area contributed by atoms with Gasteiger partial charge in [-0.1, -0.05) is 25.1 Å². The molecule has 8 heteroatoms. The maximum atomic E-state index is 12.7. The van der Waals surface area contributed by atoms with Crippen molar-refractivity contribution >= 4 is 17.2 Å². The molecule has 3 N–H and O–H groups in total. The first-order valence-corrected chi connectivity index (χ1v) is 8.60. The molecule has 0 radical (unpaired) electrons. The van der Waals surface area contributed by atoms with E-state index in [1.807, 2.05) is 32.0 Å². The topological polar surface area (TPSA) is 108 Å². The van der Waals surface area contributed by atoms with E-state index in [2.05, 4.69) is 25.6 Å². The molecule has 0 aliphatic rings. The molecular formula is C19H18N6O2. The largest absolute Gasteiger partial charge is 0.322 e. The molecule has 4 rings (SSSR count). The molecule has 0 fully saturated rings. The quantitative estimate of drug-likeness (QED) is 0.518. The van der Waals surface area contributed by atoms with Crippen LogP contribution in [0.1, 0.15) is 28.5 Å².